The van der Waals surface area contributed by atoms with Crippen LogP contribution in [0.3, 0.4) is 0 Å². The summed E-state index contributed by atoms with van der Waals surface area (Å²) in [6, 6.07) is 15.7. The largest absolute Gasteiger partial charge is 0.426 e. The van der Waals surface area contributed by atoms with E-state index in [1.165, 1.54) is 0 Å². The molecule has 28 heavy (non-hydrogen) atoms. The van der Waals surface area contributed by atoms with Gasteiger partial charge >= 0.3 is 6.18 Å². The fourth-order valence-corrected chi connectivity index (χ4v) is 4.09. The molecule has 0 radical (unpaired) electrons. The molecule has 0 aromatic heterocycles. The van der Waals surface area contributed by atoms with Gasteiger partial charge in [-0.05, 0) is 40.5 Å². The maximum atomic E-state index is 12.9. The lowest BCUT2D eigenvalue weighted by Crippen LogP contribution is -2.11. The first-order valence-electron chi connectivity index (χ1n) is 9.14. The lowest BCUT2D eigenvalue weighted by Gasteiger charge is -2.12. The van der Waals surface area contributed by atoms with Gasteiger partial charge in [-0.15, -0.1) is 0 Å². The molecule has 2 aromatic rings. The highest BCUT2D eigenvalue weighted by Gasteiger charge is 2.60. The second-order valence-corrected chi connectivity index (χ2v) is 8.34. The summed E-state index contributed by atoms with van der Waals surface area (Å²) in [5.41, 5.74) is 3.52. The molecule has 3 rings (SSSR count). The van der Waals surface area contributed by atoms with E-state index in [-0.39, 0.29) is 12.2 Å². The number of carbonyl (C=O) groups excluding carboxylic acids is 1. The van der Waals surface area contributed by atoms with Crippen molar-refractivity contribution in [1.29, 1.82) is 0 Å². The Bertz CT molecular complexity index is 913. The van der Waals surface area contributed by atoms with Gasteiger partial charge in [0, 0.05) is 12.3 Å². The number of ketones is 1. The van der Waals surface area contributed by atoms with Gasteiger partial charge in [0.25, 0.3) is 0 Å². The van der Waals surface area contributed by atoms with Gasteiger partial charge in [-0.25, -0.2) is 0 Å². The highest BCUT2D eigenvalue weighted by molar-refractivity contribution is 6.30. The highest BCUT2D eigenvalue weighted by Crippen LogP contribution is 2.60. The molecule has 2 unspecified atom stereocenters. The molecule has 1 saturated carbocycles. The predicted octanol–water partition coefficient (Wildman–Crippen LogP) is 6.73. The minimum absolute atomic E-state index is 0.0498. The van der Waals surface area contributed by atoms with E-state index in [0.29, 0.717) is 0 Å². The van der Waals surface area contributed by atoms with E-state index >= 15 is 0 Å². The average Bonchev–Trinajstić information content (AvgIpc) is 3.17. The third kappa shape index (κ3) is 4.02. The minimum atomic E-state index is -4.57. The summed E-state index contributed by atoms with van der Waals surface area (Å²) in [6.45, 7) is 5.59. The Morgan fingerprint density at radius 2 is 1.75 bits per heavy atom. The molecule has 0 bridgehead atoms. The van der Waals surface area contributed by atoms with Gasteiger partial charge in [0.1, 0.15) is 10.8 Å². The Hall–Kier alpha value is -2.07. The Morgan fingerprint density at radius 3 is 2.36 bits per heavy atom. The smallest absolute Gasteiger partial charge is 0.299 e. The summed E-state index contributed by atoms with van der Waals surface area (Å²) < 4.78 is 38.2. The van der Waals surface area contributed by atoms with Crippen molar-refractivity contribution in [2.24, 2.45) is 17.3 Å². The highest BCUT2D eigenvalue weighted by atomic mass is 35.5. The molecule has 1 fully saturated rings. The Labute approximate surface area is 168 Å². The first-order valence-corrected chi connectivity index (χ1v) is 9.52. The zero-order valence-electron chi connectivity index (χ0n) is 16.0. The molecule has 2 atom stereocenters. The number of benzene rings is 2. The lowest BCUT2D eigenvalue weighted by atomic mass is 9.92. The van der Waals surface area contributed by atoms with Crippen LogP contribution in [0.4, 0.5) is 13.2 Å². The summed E-state index contributed by atoms with van der Waals surface area (Å²) in [7, 11) is 0. The van der Waals surface area contributed by atoms with Crippen molar-refractivity contribution in [1.82, 2.24) is 0 Å². The molecule has 1 nitrogen and oxygen atoms in total. The first kappa shape index (κ1) is 20.7. The Kier molecular flexibility index (Phi) is 5.46. The molecule has 0 aliphatic heterocycles. The molecule has 2 aromatic carbocycles. The van der Waals surface area contributed by atoms with E-state index in [2.05, 4.69) is 0 Å². The third-order valence-corrected chi connectivity index (χ3v) is 6.09. The summed E-state index contributed by atoms with van der Waals surface area (Å²) in [5, 5.41) is -1.15. The normalized spacial score (nSPS) is 21.5. The Morgan fingerprint density at radius 1 is 1.11 bits per heavy atom. The van der Waals surface area contributed by atoms with Crippen LogP contribution in [-0.2, 0) is 11.2 Å². The quantitative estimate of drug-likeness (QED) is 0.538. The zero-order chi connectivity index (χ0) is 20.7. The number of allylic oxidation sites excluding steroid dienone is 2. The van der Waals surface area contributed by atoms with Gasteiger partial charge in [-0.1, -0.05) is 80.1 Å². The third-order valence-electron chi connectivity index (χ3n) is 5.75. The van der Waals surface area contributed by atoms with E-state index < -0.39 is 28.5 Å². The van der Waals surface area contributed by atoms with Crippen LogP contribution < -0.4 is 0 Å². The maximum absolute atomic E-state index is 12.9. The SMILES string of the molecule is Cc1c(CC(=O)C2C(/C=C(/Cl)C(F)(F)F)C2(C)C)cccc1-c1ccccc1. The van der Waals surface area contributed by atoms with Crippen molar-refractivity contribution in [3.63, 3.8) is 0 Å². The Balaban J connectivity index is 1.81. The molecule has 1 aliphatic rings. The second-order valence-electron chi connectivity index (χ2n) is 7.94. The molecule has 0 heterocycles. The van der Waals surface area contributed by atoms with Crippen molar-refractivity contribution < 1.29 is 18.0 Å². The monoisotopic (exact) mass is 406 g/mol. The van der Waals surface area contributed by atoms with Crippen molar-refractivity contribution in [3.8, 4) is 11.1 Å². The number of halogens is 4. The van der Waals surface area contributed by atoms with Crippen LogP contribution in [0.1, 0.15) is 25.0 Å². The molecule has 0 saturated heterocycles. The summed E-state index contributed by atoms with van der Waals surface area (Å²) in [4.78, 5) is 12.9. The van der Waals surface area contributed by atoms with Gasteiger partial charge in [-0.2, -0.15) is 13.2 Å². The van der Waals surface area contributed by atoms with Crippen molar-refractivity contribution >= 4 is 17.4 Å². The average molecular weight is 407 g/mol. The zero-order valence-corrected chi connectivity index (χ0v) is 16.7. The van der Waals surface area contributed by atoms with Crippen molar-refractivity contribution in [2.75, 3.05) is 0 Å². The molecule has 1 aliphatic carbocycles. The number of alkyl halides is 3. The molecule has 0 amide bonds. The van der Waals surface area contributed by atoms with Gasteiger partial charge in [0.05, 0.1) is 0 Å². The van der Waals surface area contributed by atoms with Crippen LogP contribution in [0.25, 0.3) is 11.1 Å². The fourth-order valence-electron chi connectivity index (χ4n) is 3.96. The number of hydrogen-bond acceptors (Lipinski definition) is 1. The predicted molar refractivity (Wildman–Crippen MR) is 106 cm³/mol. The minimum Gasteiger partial charge on any atom is -0.299 e. The van der Waals surface area contributed by atoms with Crippen LogP contribution in [0.5, 0.6) is 0 Å². The molecule has 5 heteroatoms. The molecule has 0 spiro atoms. The van der Waals surface area contributed by atoms with E-state index in [1.54, 1.807) is 0 Å². The lowest BCUT2D eigenvalue weighted by molar-refractivity contribution is -0.120. The number of carbonyl (C=O) groups is 1. The van der Waals surface area contributed by atoms with E-state index in [1.807, 2.05) is 69.3 Å². The van der Waals surface area contributed by atoms with Crippen LogP contribution in [0.15, 0.2) is 59.6 Å². The molecule has 148 valence electrons. The van der Waals surface area contributed by atoms with E-state index in [4.69, 9.17) is 11.6 Å². The van der Waals surface area contributed by atoms with Crippen LogP contribution >= 0.6 is 11.6 Å². The summed E-state index contributed by atoms with van der Waals surface area (Å²) in [5.74, 6) is -0.999. The number of Topliss-reactive ketones (excluding diaryl/α,β-unsaturated/α-hetero) is 1. The van der Waals surface area contributed by atoms with Gasteiger partial charge in [-0.3, -0.25) is 4.79 Å². The topological polar surface area (TPSA) is 17.1 Å². The summed E-state index contributed by atoms with van der Waals surface area (Å²) >= 11 is 5.39. The van der Waals surface area contributed by atoms with Gasteiger partial charge < -0.3 is 0 Å². The summed E-state index contributed by atoms with van der Waals surface area (Å²) in [6.07, 6.45) is -3.37. The van der Waals surface area contributed by atoms with E-state index in [9.17, 15) is 18.0 Å². The maximum Gasteiger partial charge on any atom is 0.426 e. The van der Waals surface area contributed by atoms with Gasteiger partial charge in [0.2, 0.25) is 0 Å². The van der Waals surface area contributed by atoms with Crippen LogP contribution in [0, 0.1) is 24.2 Å². The van der Waals surface area contributed by atoms with Gasteiger partial charge in [0.15, 0.2) is 0 Å². The van der Waals surface area contributed by atoms with Crippen LogP contribution in [0.2, 0.25) is 0 Å². The number of rotatable bonds is 5. The number of hydrogen-bond donors (Lipinski definition) is 0. The van der Waals surface area contributed by atoms with E-state index in [0.717, 1.165) is 28.3 Å². The molecular formula is C23H22ClF3O. The first-order chi connectivity index (χ1) is 13.0. The van der Waals surface area contributed by atoms with Crippen LogP contribution in [-0.4, -0.2) is 12.0 Å². The van der Waals surface area contributed by atoms with Crippen molar-refractivity contribution in [3.05, 3.63) is 70.8 Å². The molecule has 0 N–H and O–H groups in total. The fraction of sp³-hybridized carbons (Fsp3) is 0.348. The second kappa shape index (κ2) is 7.40. The molecular weight excluding hydrogens is 385 g/mol. The van der Waals surface area contributed by atoms with Crippen molar-refractivity contribution in [2.45, 2.75) is 33.4 Å². The standard InChI is InChI=1S/C23H22ClF3O/c1-14-16(10-7-11-17(14)15-8-5-4-6-9-15)12-19(28)21-18(22(21,2)3)13-20(24)23(25,26)27/h4-11,13,18,21H,12H2,1-3H3/b20-13+.